The van der Waals surface area contributed by atoms with E-state index in [1.165, 1.54) is 0 Å². The SMILES string of the molecule is O=C(c1ccccc1)C1CCN(C(=O)CN2C(=O)NC3(CCCC3)C2=O)CC1. The lowest BCUT2D eigenvalue weighted by Crippen LogP contribution is -2.48. The highest BCUT2D eigenvalue weighted by molar-refractivity contribution is 6.09. The Balaban J connectivity index is 1.33. The number of ketones is 1. The first kappa shape index (κ1) is 18.7. The molecule has 0 bridgehead atoms. The van der Waals surface area contributed by atoms with E-state index in [-0.39, 0.29) is 30.1 Å². The smallest absolute Gasteiger partial charge is 0.325 e. The van der Waals surface area contributed by atoms with Crippen LogP contribution in [0.2, 0.25) is 0 Å². The van der Waals surface area contributed by atoms with Gasteiger partial charge in [-0.15, -0.1) is 0 Å². The molecule has 1 aromatic rings. The van der Waals surface area contributed by atoms with Gasteiger partial charge in [0.05, 0.1) is 0 Å². The molecule has 1 N–H and O–H groups in total. The van der Waals surface area contributed by atoms with Crippen molar-refractivity contribution in [1.82, 2.24) is 15.1 Å². The predicted molar refractivity (Wildman–Crippen MR) is 102 cm³/mol. The molecule has 0 radical (unpaired) electrons. The zero-order chi connectivity index (χ0) is 19.7. The summed E-state index contributed by atoms with van der Waals surface area (Å²) in [5.74, 6) is -0.475. The van der Waals surface area contributed by atoms with Crippen molar-refractivity contribution in [3.05, 3.63) is 35.9 Å². The van der Waals surface area contributed by atoms with Crippen molar-refractivity contribution in [1.29, 1.82) is 0 Å². The van der Waals surface area contributed by atoms with Crippen molar-refractivity contribution < 1.29 is 19.2 Å². The predicted octanol–water partition coefficient (Wildman–Crippen LogP) is 1.97. The van der Waals surface area contributed by atoms with Crippen LogP contribution in [0, 0.1) is 5.92 Å². The van der Waals surface area contributed by atoms with E-state index in [2.05, 4.69) is 5.32 Å². The third kappa shape index (κ3) is 3.30. The van der Waals surface area contributed by atoms with E-state index in [0.29, 0.717) is 44.3 Å². The first-order chi connectivity index (χ1) is 13.5. The first-order valence-electron chi connectivity index (χ1n) is 10.0. The Morgan fingerprint density at radius 2 is 1.68 bits per heavy atom. The summed E-state index contributed by atoms with van der Waals surface area (Å²) in [6.07, 6.45) is 4.32. The maximum atomic E-state index is 12.7. The van der Waals surface area contributed by atoms with Crippen molar-refractivity contribution in [2.45, 2.75) is 44.1 Å². The molecule has 0 aromatic heterocycles. The van der Waals surface area contributed by atoms with Crippen LogP contribution in [0.5, 0.6) is 0 Å². The summed E-state index contributed by atoms with van der Waals surface area (Å²) in [6.45, 7) is 0.720. The number of hydrogen-bond acceptors (Lipinski definition) is 4. The minimum absolute atomic E-state index is 0.0927. The zero-order valence-corrected chi connectivity index (χ0v) is 15.9. The van der Waals surface area contributed by atoms with Gasteiger partial charge in [-0.2, -0.15) is 0 Å². The quantitative estimate of drug-likeness (QED) is 0.636. The van der Waals surface area contributed by atoms with E-state index in [4.69, 9.17) is 0 Å². The van der Waals surface area contributed by atoms with Gasteiger partial charge in [0, 0.05) is 24.6 Å². The van der Waals surface area contributed by atoms with E-state index >= 15 is 0 Å². The van der Waals surface area contributed by atoms with Crippen molar-refractivity contribution in [2.75, 3.05) is 19.6 Å². The van der Waals surface area contributed by atoms with E-state index in [9.17, 15) is 19.2 Å². The number of nitrogens with zero attached hydrogens (tertiary/aromatic N) is 2. The van der Waals surface area contributed by atoms with Crippen LogP contribution in [0.25, 0.3) is 0 Å². The molecule has 2 heterocycles. The molecule has 4 amide bonds. The number of rotatable bonds is 4. The Kier molecular flexibility index (Phi) is 4.91. The number of urea groups is 1. The largest absolute Gasteiger partial charge is 0.341 e. The van der Waals surface area contributed by atoms with Crippen LogP contribution >= 0.6 is 0 Å². The van der Waals surface area contributed by atoms with Gasteiger partial charge in [0.1, 0.15) is 12.1 Å². The Bertz CT molecular complexity index is 793. The molecular weight excluding hydrogens is 358 g/mol. The monoisotopic (exact) mass is 383 g/mol. The molecule has 148 valence electrons. The third-order valence-corrected chi connectivity index (χ3v) is 6.27. The van der Waals surface area contributed by atoms with Gasteiger partial charge in [-0.3, -0.25) is 19.3 Å². The van der Waals surface area contributed by atoms with Crippen LogP contribution in [0.4, 0.5) is 4.79 Å². The van der Waals surface area contributed by atoms with E-state index < -0.39 is 11.6 Å². The molecule has 2 saturated heterocycles. The molecule has 0 atom stereocenters. The van der Waals surface area contributed by atoms with Gasteiger partial charge < -0.3 is 10.2 Å². The van der Waals surface area contributed by atoms with Gasteiger partial charge in [0.2, 0.25) is 5.91 Å². The molecule has 7 nitrogen and oxygen atoms in total. The first-order valence-corrected chi connectivity index (χ1v) is 10.0. The van der Waals surface area contributed by atoms with Gasteiger partial charge in [0.25, 0.3) is 5.91 Å². The van der Waals surface area contributed by atoms with E-state index in [1.54, 1.807) is 4.90 Å². The normalized spacial score (nSPS) is 22.0. The van der Waals surface area contributed by atoms with Crippen molar-refractivity contribution in [3.63, 3.8) is 0 Å². The molecule has 1 aliphatic carbocycles. The van der Waals surface area contributed by atoms with Crippen LogP contribution in [0.3, 0.4) is 0 Å². The maximum absolute atomic E-state index is 12.7. The van der Waals surface area contributed by atoms with Crippen molar-refractivity contribution >= 4 is 23.6 Å². The van der Waals surface area contributed by atoms with Crippen molar-refractivity contribution in [3.8, 4) is 0 Å². The molecule has 28 heavy (non-hydrogen) atoms. The number of carbonyl (C=O) groups excluding carboxylic acids is 4. The average Bonchev–Trinajstić information content (AvgIpc) is 3.29. The Morgan fingerprint density at radius 1 is 1.04 bits per heavy atom. The van der Waals surface area contributed by atoms with Gasteiger partial charge in [-0.25, -0.2) is 4.79 Å². The molecule has 2 aliphatic heterocycles. The summed E-state index contributed by atoms with van der Waals surface area (Å²) in [4.78, 5) is 52.9. The molecular formula is C21H25N3O4. The Morgan fingerprint density at radius 3 is 2.32 bits per heavy atom. The molecule has 3 fully saturated rings. The average molecular weight is 383 g/mol. The number of imide groups is 1. The van der Waals surface area contributed by atoms with Crippen LogP contribution in [-0.4, -0.2) is 58.6 Å². The number of benzene rings is 1. The fourth-order valence-corrected chi connectivity index (χ4v) is 4.60. The standard InChI is InChI=1S/C21H25N3O4/c25-17(14-24-19(27)21(22-20(24)28)10-4-5-11-21)23-12-8-16(9-13-23)18(26)15-6-2-1-3-7-15/h1-3,6-7,16H,4-5,8-14H2,(H,22,28). The fourth-order valence-electron chi connectivity index (χ4n) is 4.60. The number of hydrogen-bond donors (Lipinski definition) is 1. The Hall–Kier alpha value is -2.70. The van der Waals surface area contributed by atoms with E-state index in [1.807, 2.05) is 30.3 Å². The van der Waals surface area contributed by atoms with Gasteiger partial charge >= 0.3 is 6.03 Å². The van der Waals surface area contributed by atoms with E-state index in [0.717, 1.165) is 17.7 Å². The lowest BCUT2D eigenvalue weighted by atomic mass is 9.89. The minimum Gasteiger partial charge on any atom is -0.341 e. The topological polar surface area (TPSA) is 86.8 Å². The fraction of sp³-hybridized carbons (Fsp3) is 0.524. The van der Waals surface area contributed by atoms with Gasteiger partial charge in [0.15, 0.2) is 5.78 Å². The van der Waals surface area contributed by atoms with Gasteiger partial charge in [-0.05, 0) is 25.7 Å². The number of amides is 4. The highest BCUT2D eigenvalue weighted by Crippen LogP contribution is 2.35. The lowest BCUT2D eigenvalue weighted by Gasteiger charge is -2.32. The summed E-state index contributed by atoms with van der Waals surface area (Å²) < 4.78 is 0. The zero-order valence-electron chi connectivity index (χ0n) is 15.9. The van der Waals surface area contributed by atoms with Gasteiger partial charge in [-0.1, -0.05) is 43.2 Å². The number of piperidine rings is 1. The molecule has 1 aromatic carbocycles. The second kappa shape index (κ2) is 7.37. The summed E-state index contributed by atoms with van der Waals surface area (Å²) >= 11 is 0. The summed E-state index contributed by atoms with van der Waals surface area (Å²) in [7, 11) is 0. The van der Waals surface area contributed by atoms with Crippen LogP contribution in [-0.2, 0) is 9.59 Å². The highest BCUT2D eigenvalue weighted by atomic mass is 16.2. The molecule has 7 heteroatoms. The molecule has 1 spiro atoms. The Labute approximate surface area is 164 Å². The molecule has 1 saturated carbocycles. The summed E-state index contributed by atoms with van der Waals surface area (Å²) in [5.41, 5.74) is -0.0830. The highest BCUT2D eigenvalue weighted by Gasteiger charge is 2.52. The van der Waals surface area contributed by atoms with Crippen LogP contribution in [0.15, 0.2) is 30.3 Å². The second-order valence-electron chi connectivity index (χ2n) is 8.00. The number of nitrogens with one attached hydrogen (secondary N) is 1. The molecule has 3 aliphatic rings. The molecule has 4 rings (SSSR count). The summed E-state index contributed by atoms with van der Waals surface area (Å²) in [5, 5.41) is 2.80. The molecule has 0 unspecified atom stereocenters. The third-order valence-electron chi connectivity index (χ3n) is 6.27. The number of carbonyl (C=O) groups is 4. The van der Waals surface area contributed by atoms with Crippen molar-refractivity contribution in [2.24, 2.45) is 5.92 Å². The summed E-state index contributed by atoms with van der Waals surface area (Å²) in [6, 6.07) is 8.74. The second-order valence-corrected chi connectivity index (χ2v) is 8.00. The lowest BCUT2D eigenvalue weighted by molar-refractivity contribution is -0.139. The van der Waals surface area contributed by atoms with Crippen LogP contribution < -0.4 is 5.32 Å². The number of likely N-dealkylation sites (tertiary alicyclic amines) is 1. The maximum Gasteiger partial charge on any atom is 0.325 e. The minimum atomic E-state index is -0.785. The number of Topliss-reactive ketones (excluding diaryl/α,β-unsaturated/α-hetero) is 1. The van der Waals surface area contributed by atoms with Crippen LogP contribution in [0.1, 0.15) is 48.9 Å².